The van der Waals surface area contributed by atoms with Gasteiger partial charge >= 0.3 is 0 Å². The molecule has 0 aromatic heterocycles. The Labute approximate surface area is 111 Å². The Morgan fingerprint density at radius 3 is 2.72 bits per heavy atom. The second-order valence-corrected chi connectivity index (χ2v) is 5.36. The van der Waals surface area contributed by atoms with E-state index in [9.17, 15) is 0 Å². The molecule has 100 valence electrons. The van der Waals surface area contributed by atoms with Crippen LogP contribution in [0.5, 0.6) is 0 Å². The Balaban J connectivity index is 2.01. The fourth-order valence-electron chi connectivity index (χ4n) is 2.88. The molecule has 2 rings (SSSR count). The number of rotatable bonds is 5. The molecule has 1 heterocycles. The van der Waals surface area contributed by atoms with Crippen LogP contribution in [0.1, 0.15) is 44.7 Å². The van der Waals surface area contributed by atoms with Gasteiger partial charge in [-0.1, -0.05) is 43.7 Å². The van der Waals surface area contributed by atoms with E-state index < -0.39 is 0 Å². The molecule has 1 aromatic carbocycles. The molecule has 1 fully saturated rings. The van der Waals surface area contributed by atoms with Crippen molar-refractivity contribution in [2.45, 2.75) is 45.2 Å². The molecule has 2 nitrogen and oxygen atoms in total. The topological polar surface area (TPSA) is 15.3 Å². The zero-order chi connectivity index (χ0) is 12.8. The molecule has 1 aliphatic heterocycles. The summed E-state index contributed by atoms with van der Waals surface area (Å²) in [5.74, 6) is 0. The summed E-state index contributed by atoms with van der Waals surface area (Å²) in [6.07, 6.45) is 4.11. The number of hydrogen-bond acceptors (Lipinski definition) is 2. The minimum Gasteiger partial charge on any atom is -0.309 e. The van der Waals surface area contributed by atoms with Gasteiger partial charge in [0, 0.05) is 18.6 Å². The average molecular weight is 246 g/mol. The maximum Gasteiger partial charge on any atom is 0.0449 e. The van der Waals surface area contributed by atoms with Gasteiger partial charge in [-0.25, -0.2) is 0 Å². The molecule has 0 aliphatic carbocycles. The smallest absolute Gasteiger partial charge is 0.0449 e. The molecule has 1 saturated heterocycles. The van der Waals surface area contributed by atoms with Crippen molar-refractivity contribution < 1.29 is 0 Å². The third-order valence-corrected chi connectivity index (χ3v) is 4.01. The van der Waals surface area contributed by atoms with Gasteiger partial charge in [0.25, 0.3) is 0 Å². The summed E-state index contributed by atoms with van der Waals surface area (Å²) in [6, 6.07) is 12.1. The summed E-state index contributed by atoms with van der Waals surface area (Å²) in [6.45, 7) is 7.99. The molecule has 1 aromatic rings. The second kappa shape index (κ2) is 6.91. The fraction of sp³-hybridized carbons (Fsp3) is 0.625. The zero-order valence-electron chi connectivity index (χ0n) is 11.7. The third kappa shape index (κ3) is 3.56. The Hall–Kier alpha value is -0.860. The molecule has 18 heavy (non-hydrogen) atoms. The molecule has 1 aliphatic rings. The summed E-state index contributed by atoms with van der Waals surface area (Å²) < 4.78 is 0. The maximum atomic E-state index is 3.63. The van der Waals surface area contributed by atoms with Crippen LogP contribution in [0, 0.1) is 0 Å². The summed E-state index contributed by atoms with van der Waals surface area (Å²) in [5.41, 5.74) is 1.41. The highest BCUT2D eigenvalue weighted by molar-refractivity contribution is 5.19. The van der Waals surface area contributed by atoms with E-state index in [4.69, 9.17) is 0 Å². The summed E-state index contributed by atoms with van der Waals surface area (Å²) in [7, 11) is 0. The third-order valence-electron chi connectivity index (χ3n) is 4.01. The molecule has 1 N–H and O–H groups in total. The number of nitrogens with zero attached hydrogens (tertiary/aromatic N) is 1. The number of piperidine rings is 1. The van der Waals surface area contributed by atoms with Crippen molar-refractivity contribution >= 4 is 0 Å². The van der Waals surface area contributed by atoms with Crippen molar-refractivity contribution in [1.82, 2.24) is 10.2 Å². The quantitative estimate of drug-likeness (QED) is 0.858. The molecule has 0 bridgehead atoms. The van der Waals surface area contributed by atoms with Crippen LogP contribution in [0.15, 0.2) is 30.3 Å². The first-order valence-electron chi connectivity index (χ1n) is 7.33. The highest BCUT2D eigenvalue weighted by Gasteiger charge is 2.21. The van der Waals surface area contributed by atoms with E-state index >= 15 is 0 Å². The first-order chi connectivity index (χ1) is 8.81. The van der Waals surface area contributed by atoms with Crippen LogP contribution in [0.25, 0.3) is 0 Å². The lowest BCUT2D eigenvalue weighted by atomic mass is 10.0. The van der Waals surface area contributed by atoms with Gasteiger partial charge in [-0.15, -0.1) is 0 Å². The van der Waals surface area contributed by atoms with Crippen LogP contribution in [0.4, 0.5) is 0 Å². The van der Waals surface area contributed by atoms with E-state index in [2.05, 4.69) is 54.4 Å². The number of nitrogens with one attached hydrogen (secondary N) is 1. The Bertz CT molecular complexity index is 336. The Morgan fingerprint density at radius 2 is 2.06 bits per heavy atom. The molecule has 0 saturated carbocycles. The number of hydrogen-bond donors (Lipinski definition) is 1. The number of likely N-dealkylation sites (N-methyl/N-ethyl adjacent to an activating group) is 1. The van der Waals surface area contributed by atoms with Gasteiger partial charge in [0.2, 0.25) is 0 Å². The fourth-order valence-corrected chi connectivity index (χ4v) is 2.88. The van der Waals surface area contributed by atoms with E-state index in [1.165, 1.54) is 31.4 Å². The lowest BCUT2D eigenvalue weighted by Crippen LogP contribution is -2.43. The van der Waals surface area contributed by atoms with Crippen molar-refractivity contribution in [3.05, 3.63) is 35.9 Å². The Morgan fingerprint density at radius 1 is 1.28 bits per heavy atom. The van der Waals surface area contributed by atoms with E-state index in [1.54, 1.807) is 0 Å². The van der Waals surface area contributed by atoms with Gasteiger partial charge in [-0.05, 0) is 38.4 Å². The van der Waals surface area contributed by atoms with Crippen molar-refractivity contribution in [3.63, 3.8) is 0 Å². The standard InChI is InChI=1S/C16H26N2/c1-3-17-16(15-10-5-4-6-11-15)13-18-12-8-7-9-14(18)2/h4-6,10-11,14,16-17H,3,7-9,12-13H2,1-2H3. The lowest BCUT2D eigenvalue weighted by Gasteiger charge is -2.36. The predicted octanol–water partition coefficient (Wildman–Crippen LogP) is 3.21. The average Bonchev–Trinajstić information content (AvgIpc) is 2.42. The SMILES string of the molecule is CCNC(CN1CCCCC1C)c1ccccc1. The van der Waals surface area contributed by atoms with Crippen LogP contribution in [0.2, 0.25) is 0 Å². The minimum atomic E-state index is 0.469. The maximum absolute atomic E-state index is 3.63. The summed E-state index contributed by atoms with van der Waals surface area (Å²) in [4.78, 5) is 2.64. The Kier molecular flexibility index (Phi) is 5.21. The molecule has 0 amide bonds. The molecular formula is C16H26N2. The van der Waals surface area contributed by atoms with Crippen molar-refractivity contribution in [3.8, 4) is 0 Å². The summed E-state index contributed by atoms with van der Waals surface area (Å²) >= 11 is 0. The van der Waals surface area contributed by atoms with E-state index in [0.717, 1.165) is 19.1 Å². The number of likely N-dealkylation sites (tertiary alicyclic amines) is 1. The predicted molar refractivity (Wildman–Crippen MR) is 77.7 cm³/mol. The van der Waals surface area contributed by atoms with Crippen molar-refractivity contribution in [2.75, 3.05) is 19.6 Å². The first kappa shape index (κ1) is 13.6. The van der Waals surface area contributed by atoms with Gasteiger partial charge in [0.05, 0.1) is 0 Å². The van der Waals surface area contributed by atoms with Gasteiger partial charge in [-0.3, -0.25) is 4.90 Å². The zero-order valence-corrected chi connectivity index (χ0v) is 11.7. The van der Waals surface area contributed by atoms with Crippen LogP contribution in [0.3, 0.4) is 0 Å². The molecule has 0 spiro atoms. The highest BCUT2D eigenvalue weighted by Crippen LogP contribution is 2.21. The van der Waals surface area contributed by atoms with Crippen LogP contribution in [-0.2, 0) is 0 Å². The molecular weight excluding hydrogens is 220 g/mol. The van der Waals surface area contributed by atoms with Crippen molar-refractivity contribution in [2.24, 2.45) is 0 Å². The van der Waals surface area contributed by atoms with E-state index in [-0.39, 0.29) is 0 Å². The monoisotopic (exact) mass is 246 g/mol. The molecule has 0 radical (unpaired) electrons. The van der Waals surface area contributed by atoms with Crippen LogP contribution < -0.4 is 5.32 Å². The normalized spacial score (nSPS) is 22.9. The van der Waals surface area contributed by atoms with Gasteiger partial charge in [0.15, 0.2) is 0 Å². The molecule has 2 unspecified atom stereocenters. The second-order valence-electron chi connectivity index (χ2n) is 5.36. The lowest BCUT2D eigenvalue weighted by molar-refractivity contribution is 0.144. The largest absolute Gasteiger partial charge is 0.309 e. The van der Waals surface area contributed by atoms with Crippen molar-refractivity contribution in [1.29, 1.82) is 0 Å². The summed E-state index contributed by atoms with van der Waals surface area (Å²) in [5, 5.41) is 3.63. The van der Waals surface area contributed by atoms with E-state index in [0.29, 0.717) is 6.04 Å². The number of benzene rings is 1. The van der Waals surface area contributed by atoms with E-state index in [1.807, 2.05) is 0 Å². The van der Waals surface area contributed by atoms with Gasteiger partial charge in [0.1, 0.15) is 0 Å². The first-order valence-corrected chi connectivity index (χ1v) is 7.33. The van der Waals surface area contributed by atoms with Crippen LogP contribution >= 0.6 is 0 Å². The minimum absolute atomic E-state index is 0.469. The molecule has 2 atom stereocenters. The highest BCUT2D eigenvalue weighted by atomic mass is 15.2. The van der Waals surface area contributed by atoms with Crippen LogP contribution in [-0.4, -0.2) is 30.6 Å². The van der Waals surface area contributed by atoms with Gasteiger partial charge in [-0.2, -0.15) is 0 Å². The molecule has 2 heteroatoms. The van der Waals surface area contributed by atoms with Gasteiger partial charge < -0.3 is 5.32 Å².